The number of nitro benzene ring substituents is 1. The topological polar surface area (TPSA) is 113 Å². The van der Waals surface area contributed by atoms with E-state index in [1.54, 1.807) is 13.8 Å². The van der Waals surface area contributed by atoms with Gasteiger partial charge in [0.25, 0.3) is 5.91 Å². The van der Waals surface area contributed by atoms with Crippen LogP contribution in [0.5, 0.6) is 0 Å². The third-order valence-corrected chi connectivity index (χ3v) is 10.9. The zero-order valence-corrected chi connectivity index (χ0v) is 22.6. The lowest BCUT2D eigenvalue weighted by atomic mass is 10.0. The summed E-state index contributed by atoms with van der Waals surface area (Å²) in [4.78, 5) is 37.6. The normalized spacial score (nSPS) is 14.0. The van der Waals surface area contributed by atoms with E-state index in [9.17, 15) is 29.2 Å². The summed E-state index contributed by atoms with van der Waals surface area (Å²) in [6.45, 7) is 16.0. The summed E-state index contributed by atoms with van der Waals surface area (Å²) >= 11 is 0. The zero-order chi connectivity index (χ0) is 26.6. The average Bonchev–Trinajstić information content (AvgIpc) is 2.69. The maximum absolute atomic E-state index is 14.7. The van der Waals surface area contributed by atoms with Gasteiger partial charge in [-0.3, -0.25) is 14.9 Å². The van der Waals surface area contributed by atoms with Crippen molar-refractivity contribution < 1.29 is 28.4 Å². The van der Waals surface area contributed by atoms with Crippen LogP contribution in [-0.2, 0) is 4.43 Å². The highest BCUT2D eigenvalue weighted by Crippen LogP contribution is 2.38. The van der Waals surface area contributed by atoms with Crippen molar-refractivity contribution >= 4 is 26.0 Å². The minimum Gasteiger partial charge on any atom is -0.465 e. The van der Waals surface area contributed by atoms with E-state index in [1.165, 1.54) is 24.1 Å². The van der Waals surface area contributed by atoms with Gasteiger partial charge >= 0.3 is 11.8 Å². The first-order valence-electron chi connectivity index (χ1n) is 11.3. The molecule has 192 valence electrons. The molecule has 0 aliphatic heterocycles. The number of rotatable bonds is 10. The molecule has 1 aromatic rings. The van der Waals surface area contributed by atoms with Crippen molar-refractivity contribution in [3.8, 4) is 0 Å². The molecule has 34 heavy (non-hydrogen) atoms. The second kappa shape index (κ2) is 11.3. The Kier molecular flexibility index (Phi) is 9.77. The SMILES string of the molecule is CC(C)N(C[C@@H](C)[C@H](CN(C)C(=O)O)O[Si](C)(C)C(C)(C)C)C(=O)c1cccc([N+](=O)[O-])c1F. The van der Waals surface area contributed by atoms with E-state index in [0.717, 1.165) is 11.0 Å². The van der Waals surface area contributed by atoms with Crippen molar-refractivity contribution in [3.05, 3.63) is 39.7 Å². The number of hydrogen-bond donors (Lipinski definition) is 1. The van der Waals surface area contributed by atoms with Crippen LogP contribution < -0.4 is 0 Å². The number of carbonyl (C=O) groups excluding carboxylic acids is 1. The van der Waals surface area contributed by atoms with Crippen molar-refractivity contribution in [2.45, 2.75) is 71.8 Å². The lowest BCUT2D eigenvalue weighted by Crippen LogP contribution is -2.51. The first-order valence-corrected chi connectivity index (χ1v) is 14.2. The highest BCUT2D eigenvalue weighted by molar-refractivity contribution is 6.74. The van der Waals surface area contributed by atoms with Gasteiger partial charge in [0.1, 0.15) is 0 Å². The predicted octanol–water partition coefficient (Wildman–Crippen LogP) is 5.22. The molecule has 9 nitrogen and oxygen atoms in total. The Labute approximate surface area is 202 Å². The Bertz CT molecular complexity index is 903. The van der Waals surface area contributed by atoms with Crippen LogP contribution >= 0.6 is 0 Å². The Morgan fingerprint density at radius 1 is 1.21 bits per heavy atom. The Hall–Kier alpha value is -2.53. The van der Waals surface area contributed by atoms with E-state index >= 15 is 0 Å². The fourth-order valence-electron chi connectivity index (χ4n) is 3.17. The van der Waals surface area contributed by atoms with E-state index in [1.807, 2.05) is 6.92 Å². The molecule has 0 aromatic heterocycles. The molecule has 0 bridgehead atoms. The van der Waals surface area contributed by atoms with Crippen LogP contribution in [0, 0.1) is 21.8 Å². The summed E-state index contributed by atoms with van der Waals surface area (Å²) in [6, 6.07) is 3.19. The number of amides is 2. The largest absolute Gasteiger partial charge is 0.465 e. The van der Waals surface area contributed by atoms with Crippen LogP contribution in [-0.4, -0.2) is 72.4 Å². The lowest BCUT2D eigenvalue weighted by Gasteiger charge is -2.42. The van der Waals surface area contributed by atoms with Crippen LogP contribution in [0.25, 0.3) is 0 Å². The molecule has 1 aromatic carbocycles. The van der Waals surface area contributed by atoms with Gasteiger partial charge in [-0.15, -0.1) is 0 Å². The number of halogens is 1. The Morgan fingerprint density at radius 2 is 1.76 bits per heavy atom. The predicted molar refractivity (Wildman–Crippen MR) is 131 cm³/mol. The third kappa shape index (κ3) is 7.23. The van der Waals surface area contributed by atoms with Crippen molar-refractivity contribution in [3.63, 3.8) is 0 Å². The molecule has 0 unspecified atom stereocenters. The molecule has 0 saturated heterocycles. The number of hydrogen-bond acceptors (Lipinski definition) is 5. The highest BCUT2D eigenvalue weighted by Gasteiger charge is 2.41. The molecular formula is C23H38FN3O6Si. The molecule has 0 fully saturated rings. The molecule has 0 radical (unpaired) electrons. The summed E-state index contributed by atoms with van der Waals surface area (Å²) in [6.07, 6.45) is -1.60. The number of benzene rings is 1. The van der Waals surface area contributed by atoms with Gasteiger partial charge in [0.05, 0.1) is 16.6 Å². The first-order chi connectivity index (χ1) is 15.4. The lowest BCUT2D eigenvalue weighted by molar-refractivity contribution is -0.387. The summed E-state index contributed by atoms with van der Waals surface area (Å²) < 4.78 is 21.3. The Morgan fingerprint density at radius 3 is 2.21 bits per heavy atom. The molecule has 1 N–H and O–H groups in total. The molecule has 0 spiro atoms. The molecule has 0 aliphatic rings. The van der Waals surface area contributed by atoms with Gasteiger partial charge in [-0.25, -0.2) is 4.79 Å². The number of likely N-dealkylation sites (N-methyl/N-ethyl adjacent to an activating group) is 1. The highest BCUT2D eigenvalue weighted by atomic mass is 28.4. The van der Waals surface area contributed by atoms with E-state index in [-0.39, 0.29) is 35.7 Å². The fourth-order valence-corrected chi connectivity index (χ4v) is 4.59. The number of carboxylic acid groups (broad SMARTS) is 1. The zero-order valence-electron chi connectivity index (χ0n) is 21.6. The van der Waals surface area contributed by atoms with Gasteiger partial charge in [-0.05, 0) is 38.0 Å². The van der Waals surface area contributed by atoms with Gasteiger partial charge in [0, 0.05) is 38.2 Å². The van der Waals surface area contributed by atoms with Crippen LogP contribution in [0.2, 0.25) is 18.1 Å². The van der Waals surface area contributed by atoms with Crippen LogP contribution in [0.1, 0.15) is 51.9 Å². The van der Waals surface area contributed by atoms with Crippen molar-refractivity contribution in [2.75, 3.05) is 20.1 Å². The van der Waals surface area contributed by atoms with Gasteiger partial charge < -0.3 is 19.3 Å². The summed E-state index contributed by atoms with van der Waals surface area (Å²) in [5.41, 5.74) is -1.13. The van der Waals surface area contributed by atoms with E-state index in [4.69, 9.17) is 4.43 Å². The van der Waals surface area contributed by atoms with Crippen molar-refractivity contribution in [2.24, 2.45) is 5.92 Å². The molecule has 0 heterocycles. The minimum atomic E-state index is -2.29. The second-order valence-corrected chi connectivity index (χ2v) is 15.3. The van der Waals surface area contributed by atoms with Gasteiger partial charge in [0.2, 0.25) is 5.82 Å². The average molecular weight is 500 g/mol. The van der Waals surface area contributed by atoms with Crippen LogP contribution in [0.3, 0.4) is 0 Å². The molecule has 11 heteroatoms. The second-order valence-electron chi connectivity index (χ2n) is 10.5. The van der Waals surface area contributed by atoms with Crippen molar-refractivity contribution in [1.82, 2.24) is 9.80 Å². The van der Waals surface area contributed by atoms with E-state index < -0.39 is 42.8 Å². The summed E-state index contributed by atoms with van der Waals surface area (Å²) in [7, 11) is -0.830. The monoisotopic (exact) mass is 499 g/mol. The molecule has 0 saturated carbocycles. The van der Waals surface area contributed by atoms with Gasteiger partial charge in [-0.1, -0.05) is 33.8 Å². The number of carbonyl (C=O) groups is 2. The van der Waals surface area contributed by atoms with Crippen LogP contribution in [0.4, 0.5) is 14.9 Å². The van der Waals surface area contributed by atoms with Crippen molar-refractivity contribution in [1.29, 1.82) is 0 Å². The standard InChI is InChI=1S/C23H38FN3O6Si/c1-15(2)26(21(28)17-11-10-12-18(20(17)24)27(31)32)13-16(3)19(14-25(7)22(29)30)33-34(8,9)23(4,5)6/h10-12,15-16,19H,13-14H2,1-9H3,(H,29,30)/t16-,19+/m1/s1. The molecule has 2 atom stereocenters. The van der Waals surface area contributed by atoms with Gasteiger partial charge in [-0.2, -0.15) is 4.39 Å². The Balaban J connectivity index is 3.29. The van der Waals surface area contributed by atoms with E-state index in [2.05, 4.69) is 33.9 Å². The molecule has 1 rings (SSSR count). The molecule has 2 amide bonds. The van der Waals surface area contributed by atoms with Crippen LogP contribution in [0.15, 0.2) is 18.2 Å². The first kappa shape index (κ1) is 29.5. The fraction of sp³-hybridized carbons (Fsp3) is 0.652. The number of nitrogens with zero attached hydrogens (tertiary/aromatic N) is 3. The molecule has 0 aliphatic carbocycles. The van der Waals surface area contributed by atoms with Gasteiger partial charge in [0.15, 0.2) is 8.32 Å². The minimum absolute atomic E-state index is 0.105. The summed E-state index contributed by atoms with van der Waals surface area (Å²) in [5.74, 6) is -2.14. The number of nitro groups is 1. The van der Waals surface area contributed by atoms with E-state index in [0.29, 0.717) is 0 Å². The summed E-state index contributed by atoms with van der Waals surface area (Å²) in [5, 5.41) is 20.4. The third-order valence-electron chi connectivity index (χ3n) is 6.44. The smallest absolute Gasteiger partial charge is 0.407 e. The quantitative estimate of drug-likeness (QED) is 0.268. The maximum atomic E-state index is 14.7. The maximum Gasteiger partial charge on any atom is 0.407 e. The molecular weight excluding hydrogens is 461 g/mol.